The summed E-state index contributed by atoms with van der Waals surface area (Å²) in [5, 5.41) is 4.92. The summed E-state index contributed by atoms with van der Waals surface area (Å²) >= 11 is 1.28. The Morgan fingerprint density at radius 3 is 2.79 bits per heavy atom. The number of rotatable bonds is 4. The van der Waals surface area contributed by atoms with Crippen LogP contribution < -0.4 is 5.32 Å². The molecule has 0 radical (unpaired) electrons. The first-order valence-electron chi connectivity index (χ1n) is 7.91. The fourth-order valence-electron chi connectivity index (χ4n) is 2.63. The van der Waals surface area contributed by atoms with Gasteiger partial charge in [-0.15, -0.1) is 11.3 Å². The van der Waals surface area contributed by atoms with E-state index in [1.807, 2.05) is 4.90 Å². The molecule has 1 aromatic rings. The molecule has 1 fully saturated rings. The van der Waals surface area contributed by atoms with E-state index in [-0.39, 0.29) is 24.1 Å². The van der Waals surface area contributed by atoms with Crippen LogP contribution in [0.3, 0.4) is 0 Å². The number of aliphatic imine (C=N–C) groups is 1. The minimum Gasteiger partial charge on any atom is -0.342 e. The van der Waals surface area contributed by atoms with Crippen LogP contribution in [0.15, 0.2) is 22.5 Å². The van der Waals surface area contributed by atoms with Gasteiger partial charge >= 0.3 is 0 Å². The number of nitrogens with one attached hydrogen (secondary N) is 1. The molecule has 126 valence electrons. The van der Waals surface area contributed by atoms with Crippen LogP contribution in [0.5, 0.6) is 0 Å². The standard InChI is InChI=1S/C16H18N4O3S/c21-13-5-4-11(9-17-13)15(23)19-16-18-12(10-24-16)8-14(22)20-6-2-1-3-7-20/h4-5,9-11H,1-3,6-8H2,(H,18,19,23). The van der Waals surface area contributed by atoms with E-state index in [1.54, 1.807) is 5.38 Å². The zero-order valence-corrected chi connectivity index (χ0v) is 13.9. The predicted molar refractivity (Wildman–Crippen MR) is 91.0 cm³/mol. The lowest BCUT2D eigenvalue weighted by Crippen LogP contribution is -2.36. The van der Waals surface area contributed by atoms with Gasteiger partial charge in [0, 0.05) is 30.8 Å². The maximum Gasteiger partial charge on any atom is 0.269 e. The fourth-order valence-corrected chi connectivity index (χ4v) is 3.35. The van der Waals surface area contributed by atoms with Gasteiger partial charge < -0.3 is 10.2 Å². The molecule has 0 saturated carbocycles. The molecule has 7 nitrogen and oxygen atoms in total. The van der Waals surface area contributed by atoms with Gasteiger partial charge in [0.15, 0.2) is 5.13 Å². The summed E-state index contributed by atoms with van der Waals surface area (Å²) in [6, 6.07) is 0. The van der Waals surface area contributed by atoms with E-state index in [4.69, 9.17) is 0 Å². The van der Waals surface area contributed by atoms with Gasteiger partial charge in [-0.3, -0.25) is 14.4 Å². The molecular weight excluding hydrogens is 328 g/mol. The molecule has 1 aromatic heterocycles. The summed E-state index contributed by atoms with van der Waals surface area (Å²) < 4.78 is 0. The van der Waals surface area contributed by atoms with Crippen molar-refractivity contribution < 1.29 is 14.4 Å². The lowest BCUT2D eigenvalue weighted by molar-refractivity contribution is -0.131. The van der Waals surface area contributed by atoms with Crippen LogP contribution in [-0.4, -0.2) is 46.9 Å². The van der Waals surface area contributed by atoms with E-state index < -0.39 is 5.92 Å². The SMILES string of the molecule is O=C1C=CC(C(=O)Nc2nc(CC(=O)N3CCCCC3)cs2)C=N1. The molecule has 1 saturated heterocycles. The van der Waals surface area contributed by atoms with Crippen LogP contribution in [0.1, 0.15) is 25.0 Å². The van der Waals surface area contributed by atoms with Gasteiger partial charge in [0.2, 0.25) is 11.8 Å². The number of piperidine rings is 1. The van der Waals surface area contributed by atoms with Gasteiger partial charge in [0.25, 0.3) is 5.91 Å². The Labute approximate surface area is 143 Å². The molecule has 0 bridgehead atoms. The Morgan fingerprint density at radius 1 is 1.29 bits per heavy atom. The minimum absolute atomic E-state index is 0.0822. The zero-order chi connectivity index (χ0) is 16.9. The van der Waals surface area contributed by atoms with Crippen LogP contribution in [-0.2, 0) is 20.8 Å². The number of anilines is 1. The summed E-state index contributed by atoms with van der Waals surface area (Å²) in [6.07, 6.45) is 7.64. The van der Waals surface area contributed by atoms with E-state index in [1.165, 1.54) is 36.1 Å². The number of carbonyl (C=O) groups excluding carboxylic acids is 3. The lowest BCUT2D eigenvalue weighted by atomic mass is 10.1. The number of amides is 3. The topological polar surface area (TPSA) is 91.7 Å². The van der Waals surface area contributed by atoms with Crippen LogP contribution in [0.25, 0.3) is 0 Å². The fraction of sp³-hybridized carbons (Fsp3) is 0.438. The molecule has 1 unspecified atom stereocenters. The number of likely N-dealkylation sites (tertiary alicyclic amines) is 1. The highest BCUT2D eigenvalue weighted by atomic mass is 32.1. The average Bonchev–Trinajstić information content (AvgIpc) is 3.03. The lowest BCUT2D eigenvalue weighted by Gasteiger charge is -2.26. The number of carbonyl (C=O) groups is 3. The van der Waals surface area contributed by atoms with Crippen molar-refractivity contribution in [1.82, 2.24) is 9.88 Å². The van der Waals surface area contributed by atoms with Crippen molar-refractivity contribution in [2.24, 2.45) is 10.9 Å². The largest absolute Gasteiger partial charge is 0.342 e. The molecule has 3 amide bonds. The third-order valence-electron chi connectivity index (χ3n) is 3.93. The second kappa shape index (κ2) is 7.48. The third-order valence-corrected chi connectivity index (χ3v) is 4.74. The summed E-state index contributed by atoms with van der Waals surface area (Å²) in [4.78, 5) is 45.0. The van der Waals surface area contributed by atoms with Crippen molar-refractivity contribution >= 4 is 40.4 Å². The summed E-state index contributed by atoms with van der Waals surface area (Å²) in [6.45, 7) is 1.64. The quantitative estimate of drug-likeness (QED) is 0.892. The smallest absolute Gasteiger partial charge is 0.269 e. The summed E-state index contributed by atoms with van der Waals surface area (Å²) in [5.74, 6) is -1.17. The normalized spacial score (nSPS) is 20.2. The van der Waals surface area contributed by atoms with Gasteiger partial charge in [-0.05, 0) is 19.3 Å². The number of aromatic nitrogens is 1. The van der Waals surface area contributed by atoms with Crippen molar-refractivity contribution in [2.75, 3.05) is 18.4 Å². The van der Waals surface area contributed by atoms with Gasteiger partial charge in [-0.25, -0.2) is 9.98 Å². The van der Waals surface area contributed by atoms with E-state index in [9.17, 15) is 14.4 Å². The van der Waals surface area contributed by atoms with Crippen LogP contribution in [0.2, 0.25) is 0 Å². The maximum absolute atomic E-state index is 12.2. The molecule has 2 aliphatic rings. The van der Waals surface area contributed by atoms with Gasteiger partial charge in [-0.2, -0.15) is 0 Å². The first kappa shape index (κ1) is 16.5. The Bertz CT molecular complexity index is 688. The molecule has 3 rings (SSSR count). The van der Waals surface area contributed by atoms with Crippen molar-refractivity contribution in [1.29, 1.82) is 0 Å². The molecule has 0 aliphatic carbocycles. The Hall–Kier alpha value is -2.35. The van der Waals surface area contributed by atoms with Crippen molar-refractivity contribution in [3.8, 4) is 0 Å². The van der Waals surface area contributed by atoms with Crippen molar-refractivity contribution in [3.63, 3.8) is 0 Å². The highest BCUT2D eigenvalue weighted by Gasteiger charge is 2.20. The van der Waals surface area contributed by atoms with E-state index in [0.717, 1.165) is 25.9 Å². The minimum atomic E-state index is -0.579. The molecule has 0 spiro atoms. The average molecular weight is 346 g/mol. The van der Waals surface area contributed by atoms with Crippen molar-refractivity contribution in [2.45, 2.75) is 25.7 Å². The highest BCUT2D eigenvalue weighted by Crippen LogP contribution is 2.18. The van der Waals surface area contributed by atoms with Crippen LogP contribution >= 0.6 is 11.3 Å². The van der Waals surface area contributed by atoms with Gasteiger partial charge in [0.1, 0.15) is 0 Å². The van der Waals surface area contributed by atoms with E-state index in [2.05, 4.69) is 15.3 Å². The molecule has 0 aromatic carbocycles. The highest BCUT2D eigenvalue weighted by molar-refractivity contribution is 7.13. The van der Waals surface area contributed by atoms with E-state index in [0.29, 0.717) is 10.8 Å². The number of hydrogen-bond donors (Lipinski definition) is 1. The molecule has 8 heteroatoms. The van der Waals surface area contributed by atoms with Crippen LogP contribution in [0.4, 0.5) is 5.13 Å². The zero-order valence-electron chi connectivity index (χ0n) is 13.1. The molecule has 1 atom stereocenters. The predicted octanol–water partition coefficient (Wildman–Crippen LogP) is 1.42. The second-order valence-electron chi connectivity index (χ2n) is 5.75. The molecule has 24 heavy (non-hydrogen) atoms. The Kier molecular flexibility index (Phi) is 5.14. The molecular formula is C16H18N4O3S. The molecule has 2 aliphatic heterocycles. The summed E-state index contributed by atoms with van der Waals surface area (Å²) in [7, 11) is 0. The third kappa shape index (κ3) is 4.14. The second-order valence-corrected chi connectivity index (χ2v) is 6.61. The number of hydrogen-bond acceptors (Lipinski definition) is 5. The number of nitrogens with zero attached hydrogens (tertiary/aromatic N) is 3. The Balaban J connectivity index is 1.54. The first-order chi connectivity index (χ1) is 11.6. The number of thiazole rings is 1. The van der Waals surface area contributed by atoms with Gasteiger partial charge in [-0.1, -0.05) is 6.08 Å². The van der Waals surface area contributed by atoms with Gasteiger partial charge in [0.05, 0.1) is 18.0 Å². The maximum atomic E-state index is 12.2. The summed E-state index contributed by atoms with van der Waals surface area (Å²) in [5.41, 5.74) is 0.661. The van der Waals surface area contributed by atoms with E-state index >= 15 is 0 Å². The monoisotopic (exact) mass is 346 g/mol. The molecule has 1 N–H and O–H groups in total. The first-order valence-corrected chi connectivity index (χ1v) is 8.79. The molecule has 3 heterocycles. The number of dihydropyridines is 1. The van der Waals surface area contributed by atoms with Crippen LogP contribution in [0, 0.1) is 5.92 Å². The van der Waals surface area contributed by atoms with Crippen molar-refractivity contribution in [3.05, 3.63) is 23.2 Å². The Morgan fingerprint density at radius 2 is 2.08 bits per heavy atom.